The zero-order valence-corrected chi connectivity index (χ0v) is 21.4. The summed E-state index contributed by atoms with van der Waals surface area (Å²) >= 11 is -0.556. The first-order valence-corrected chi connectivity index (χ1v) is 14.8. The number of phenolic OH excluding ortho intramolecular Hbond substituents is 1. The Morgan fingerprint density at radius 3 is 1.69 bits per heavy atom. The van der Waals surface area contributed by atoms with Gasteiger partial charge in [0.2, 0.25) is 0 Å². The molecule has 0 aliphatic rings. The van der Waals surface area contributed by atoms with E-state index in [0.717, 1.165) is 6.07 Å². The Labute approximate surface area is 207 Å². The number of nitrogens with zero attached hydrogens (tertiary/aromatic N) is 1. The Kier molecular flexibility index (Phi) is 9.47. The molecule has 0 saturated heterocycles. The molecule has 0 bridgehead atoms. The monoisotopic (exact) mass is 635 g/mol. The van der Waals surface area contributed by atoms with E-state index in [-0.39, 0.29) is 11.8 Å². The van der Waals surface area contributed by atoms with Crippen molar-refractivity contribution in [2.75, 3.05) is 6.54 Å². The fourth-order valence-corrected chi connectivity index (χ4v) is 2.90. The van der Waals surface area contributed by atoms with Crippen LogP contribution in [0.5, 0.6) is 5.75 Å². The standard InChI is InChI=1S/C16H16F13NOS.2ClH.Ti/c1-12(2,3)10-6-4-5-9(11(10)31)7-30-8-13(17,18)14(19,20)15(21,22)16(23,24)32(25,26,27,28)29;;;/h4-7,31H,8H2,1-3H3;2*1H;/q;;;+2/p-2. The van der Waals surface area contributed by atoms with Gasteiger partial charge >= 0.3 is 68.9 Å². The van der Waals surface area contributed by atoms with Gasteiger partial charge in [-0.25, -0.2) is 0 Å². The zero-order valence-electron chi connectivity index (χ0n) is 17.5. The second kappa shape index (κ2) is 9.62. The van der Waals surface area contributed by atoms with Crippen molar-refractivity contribution in [3.63, 3.8) is 0 Å². The van der Waals surface area contributed by atoms with Crippen molar-refractivity contribution in [1.82, 2.24) is 0 Å². The van der Waals surface area contributed by atoms with E-state index in [9.17, 15) is 59.7 Å². The molecule has 1 N–H and O–H groups in total. The third kappa shape index (κ3) is 7.05. The third-order valence-corrected chi connectivity index (χ3v) is 5.32. The number of aromatic hydroxyl groups is 1. The van der Waals surface area contributed by atoms with Crippen LogP contribution in [0.3, 0.4) is 0 Å². The molecule has 0 fully saturated rings. The Hall–Kier alpha value is -0.576. The van der Waals surface area contributed by atoms with Crippen LogP contribution in [0.15, 0.2) is 23.2 Å². The van der Waals surface area contributed by atoms with Gasteiger partial charge in [0.05, 0.1) is 0 Å². The summed E-state index contributed by atoms with van der Waals surface area (Å²) in [6.07, 6.45) is 0.245. The van der Waals surface area contributed by atoms with Crippen molar-refractivity contribution >= 4 is 35.0 Å². The van der Waals surface area contributed by atoms with E-state index >= 15 is 0 Å². The summed E-state index contributed by atoms with van der Waals surface area (Å²) in [7, 11) is -2.95. The summed E-state index contributed by atoms with van der Waals surface area (Å²) in [5, 5.41) is 1.27. The number of alkyl halides is 8. The molecule has 2 nitrogen and oxygen atoms in total. The molecule has 0 unspecified atom stereocenters. The second-order valence-corrected chi connectivity index (χ2v) is 12.9. The third-order valence-electron chi connectivity index (χ3n) is 4.10. The maximum atomic E-state index is 13.6. The Bertz CT molecular complexity index is 934. The van der Waals surface area contributed by atoms with E-state index in [1.165, 1.54) is 12.1 Å². The molecule has 0 atom stereocenters. The quantitative estimate of drug-likeness (QED) is 0.181. The van der Waals surface area contributed by atoms with Crippen molar-refractivity contribution in [2.24, 2.45) is 4.99 Å². The summed E-state index contributed by atoms with van der Waals surface area (Å²) in [5.41, 5.74) is -0.953. The molecule has 1 aromatic rings. The molecule has 19 heteroatoms. The number of para-hydroxylation sites is 1. The summed E-state index contributed by atoms with van der Waals surface area (Å²) in [6.45, 7) is 1.99. The van der Waals surface area contributed by atoms with Crippen LogP contribution in [0.4, 0.5) is 54.6 Å². The number of phenols is 1. The molecule has 0 amide bonds. The van der Waals surface area contributed by atoms with Gasteiger partial charge in [0.15, 0.2) is 0 Å². The number of hydrogen-bond donors (Lipinski definition) is 1. The van der Waals surface area contributed by atoms with E-state index in [0.29, 0.717) is 0 Å². The van der Waals surface area contributed by atoms with E-state index in [1.807, 2.05) is 0 Å². The molecule has 0 aliphatic heterocycles. The van der Waals surface area contributed by atoms with E-state index in [1.54, 1.807) is 20.8 Å². The molecule has 0 radical (unpaired) electrons. The molecule has 0 saturated carbocycles. The molecule has 0 aliphatic carbocycles. The van der Waals surface area contributed by atoms with Gasteiger partial charge in [-0.3, -0.25) is 4.99 Å². The average molecular weight is 636 g/mol. The van der Waals surface area contributed by atoms with E-state index in [4.69, 9.17) is 18.6 Å². The van der Waals surface area contributed by atoms with Crippen LogP contribution in [0.2, 0.25) is 0 Å². The maximum absolute atomic E-state index is 13.6. The summed E-state index contributed by atoms with van der Waals surface area (Å²) in [6, 6.07) is 3.62. The van der Waals surface area contributed by atoms with Crippen molar-refractivity contribution < 1.29 is 76.7 Å². The molecular weight excluding hydrogens is 620 g/mol. The topological polar surface area (TPSA) is 32.6 Å². The van der Waals surface area contributed by atoms with Gasteiger partial charge in [0.1, 0.15) is 12.3 Å². The minimum absolute atomic E-state index is 0.195. The van der Waals surface area contributed by atoms with Crippen molar-refractivity contribution in [3.8, 4) is 5.75 Å². The van der Waals surface area contributed by atoms with Gasteiger partial charge in [-0.15, -0.1) is 0 Å². The van der Waals surface area contributed by atoms with Crippen LogP contribution in [-0.4, -0.2) is 40.9 Å². The van der Waals surface area contributed by atoms with Crippen molar-refractivity contribution in [1.29, 1.82) is 0 Å². The predicted octanol–water partition coefficient (Wildman–Crippen LogP) is 9.28. The first kappa shape index (κ1) is 34.4. The molecular formula is C16H16Cl2F13NOSTi. The number of halogens is 15. The normalized spacial score (nSPS) is 16.3. The first-order valence-electron chi connectivity index (χ1n) is 8.55. The number of rotatable bonds is 7. The van der Waals surface area contributed by atoms with E-state index in [2.05, 4.69) is 4.99 Å². The van der Waals surface area contributed by atoms with Crippen LogP contribution >= 0.6 is 28.8 Å². The fraction of sp³-hybridized carbons (Fsp3) is 0.562. The Morgan fingerprint density at radius 2 is 1.31 bits per heavy atom. The molecule has 1 aromatic carbocycles. The van der Waals surface area contributed by atoms with Crippen molar-refractivity contribution in [3.05, 3.63) is 29.3 Å². The Morgan fingerprint density at radius 1 is 0.886 bits per heavy atom. The number of hydrogen-bond acceptors (Lipinski definition) is 2. The number of aliphatic imine (C=N–C) groups is 1. The Balaban J connectivity index is 0.00000365. The predicted molar refractivity (Wildman–Crippen MR) is 104 cm³/mol. The SMILES string of the molecule is CC(C)(C)c1cccc(C=NCC(F)(F)C(F)(F)C(F)(F)C(F)(F)S(F)(F)(F)(F)F)c1O.[Cl][Ti][Cl]. The minimum atomic E-state index is -12.7. The summed E-state index contributed by atoms with van der Waals surface area (Å²) in [5.74, 6) is -22.9. The number of benzene rings is 1. The van der Waals surface area contributed by atoms with Crippen LogP contribution in [0.1, 0.15) is 31.9 Å². The molecule has 1 rings (SSSR count). The van der Waals surface area contributed by atoms with Crippen molar-refractivity contribution in [2.45, 2.75) is 49.2 Å². The van der Waals surface area contributed by atoms with Gasteiger partial charge < -0.3 is 5.11 Å². The van der Waals surface area contributed by atoms with Gasteiger partial charge in [-0.1, -0.05) is 52.3 Å². The van der Waals surface area contributed by atoms with Gasteiger partial charge in [-0.05, 0) is 17.0 Å². The van der Waals surface area contributed by atoms with Crippen LogP contribution in [0, 0.1) is 0 Å². The van der Waals surface area contributed by atoms with Crippen LogP contribution in [-0.2, 0) is 22.4 Å². The molecule has 206 valence electrons. The average Bonchev–Trinajstić information content (AvgIpc) is 2.60. The van der Waals surface area contributed by atoms with Gasteiger partial charge in [-0.2, -0.15) is 35.1 Å². The van der Waals surface area contributed by atoms with Gasteiger partial charge in [0, 0.05) is 11.8 Å². The molecule has 35 heavy (non-hydrogen) atoms. The fourth-order valence-electron chi connectivity index (χ4n) is 2.28. The van der Waals surface area contributed by atoms with Gasteiger partial charge in [0.25, 0.3) is 0 Å². The molecule has 0 heterocycles. The summed E-state index contributed by atoms with van der Waals surface area (Å²) in [4.78, 5) is 2.60. The van der Waals surface area contributed by atoms with Crippen LogP contribution in [0.25, 0.3) is 0 Å². The first-order chi connectivity index (χ1) is 15.0. The second-order valence-electron chi connectivity index (χ2n) is 7.87. The summed E-state index contributed by atoms with van der Waals surface area (Å²) < 4.78 is 167. The zero-order chi connectivity index (χ0) is 28.6. The van der Waals surface area contributed by atoms with Crippen LogP contribution < -0.4 is 0 Å². The molecule has 0 aromatic heterocycles. The molecule has 0 spiro atoms. The van der Waals surface area contributed by atoms with E-state index < -0.39 is 73.6 Å².